The second kappa shape index (κ2) is 3.95. The molecule has 4 heteroatoms. The van der Waals surface area contributed by atoms with E-state index in [1.165, 1.54) is 24.4 Å². The fourth-order valence-electron chi connectivity index (χ4n) is 2.26. The third-order valence-corrected chi connectivity index (χ3v) is 3.84. The largest absolute Gasteiger partial charge is 0.311 e. The lowest BCUT2D eigenvalue weighted by atomic mass is 9.81. The summed E-state index contributed by atoms with van der Waals surface area (Å²) in [5, 5.41) is 9.84. The van der Waals surface area contributed by atoms with Gasteiger partial charge in [-0.1, -0.05) is 18.3 Å². The van der Waals surface area contributed by atoms with Crippen LogP contribution < -0.4 is 5.32 Å². The Balaban J connectivity index is 2.12. The Bertz CT molecular complexity index is 276. The minimum absolute atomic E-state index is 0.274. The summed E-state index contributed by atoms with van der Waals surface area (Å²) >= 11 is 1.44. The molecule has 0 aliphatic carbocycles. The van der Waals surface area contributed by atoms with Gasteiger partial charge in [-0.3, -0.25) is 0 Å². The number of aromatic nitrogens is 2. The molecule has 0 bridgehead atoms. The van der Waals surface area contributed by atoms with E-state index in [2.05, 4.69) is 34.1 Å². The molecular formula is C10H17N3S. The number of nitrogens with one attached hydrogen (secondary N) is 1. The fraction of sp³-hybridized carbons (Fsp3) is 0.800. The molecule has 1 atom stereocenters. The standard InChI is InChI=1S/C10H17N3S/c1-8(2)10(4-3-5-11-10)6-9-7-14-13-12-9/h7-8,11H,3-6H2,1-2H3. The van der Waals surface area contributed by atoms with Crippen LogP contribution in [0.4, 0.5) is 0 Å². The number of hydrogen-bond acceptors (Lipinski definition) is 4. The van der Waals surface area contributed by atoms with Crippen molar-refractivity contribution in [2.45, 2.75) is 38.6 Å². The van der Waals surface area contributed by atoms with Gasteiger partial charge in [0.25, 0.3) is 0 Å². The van der Waals surface area contributed by atoms with E-state index in [4.69, 9.17) is 0 Å². The third-order valence-electron chi connectivity index (χ3n) is 3.28. The van der Waals surface area contributed by atoms with Gasteiger partial charge in [0.1, 0.15) is 0 Å². The zero-order valence-electron chi connectivity index (χ0n) is 8.79. The minimum Gasteiger partial charge on any atom is -0.311 e. The van der Waals surface area contributed by atoms with Crippen LogP contribution in [0.1, 0.15) is 32.4 Å². The minimum atomic E-state index is 0.274. The molecular weight excluding hydrogens is 194 g/mol. The Morgan fingerprint density at radius 2 is 2.50 bits per heavy atom. The maximum absolute atomic E-state index is 4.14. The van der Waals surface area contributed by atoms with Crippen LogP contribution in [-0.2, 0) is 6.42 Å². The number of rotatable bonds is 3. The van der Waals surface area contributed by atoms with Crippen molar-refractivity contribution in [1.29, 1.82) is 0 Å². The van der Waals surface area contributed by atoms with Crippen molar-refractivity contribution >= 4 is 11.5 Å². The van der Waals surface area contributed by atoms with Crippen LogP contribution in [0.5, 0.6) is 0 Å². The third kappa shape index (κ3) is 1.81. The summed E-state index contributed by atoms with van der Waals surface area (Å²) in [5.74, 6) is 0.659. The highest BCUT2D eigenvalue weighted by molar-refractivity contribution is 7.03. The van der Waals surface area contributed by atoms with Gasteiger partial charge < -0.3 is 5.32 Å². The van der Waals surface area contributed by atoms with E-state index in [0.717, 1.165) is 18.7 Å². The van der Waals surface area contributed by atoms with Crippen molar-refractivity contribution in [2.24, 2.45) is 5.92 Å². The summed E-state index contributed by atoms with van der Waals surface area (Å²) in [6.45, 7) is 5.73. The molecule has 78 valence electrons. The molecule has 1 aliphatic heterocycles. The zero-order chi connectivity index (χ0) is 10.0. The number of nitrogens with zero attached hydrogens (tertiary/aromatic N) is 2. The summed E-state index contributed by atoms with van der Waals surface area (Å²) in [6.07, 6.45) is 3.58. The average Bonchev–Trinajstić information content (AvgIpc) is 2.76. The van der Waals surface area contributed by atoms with E-state index in [0.29, 0.717) is 5.92 Å². The van der Waals surface area contributed by atoms with Crippen molar-refractivity contribution < 1.29 is 0 Å². The molecule has 0 spiro atoms. The summed E-state index contributed by atoms with van der Waals surface area (Å²) in [7, 11) is 0. The van der Waals surface area contributed by atoms with Crippen molar-refractivity contribution in [3.05, 3.63) is 11.1 Å². The second-order valence-electron chi connectivity index (χ2n) is 4.41. The number of hydrogen-bond donors (Lipinski definition) is 1. The van der Waals surface area contributed by atoms with Crippen molar-refractivity contribution in [1.82, 2.24) is 14.9 Å². The Hall–Kier alpha value is -0.480. The van der Waals surface area contributed by atoms with Gasteiger partial charge in [0.05, 0.1) is 5.69 Å². The van der Waals surface area contributed by atoms with Crippen LogP contribution >= 0.6 is 11.5 Å². The molecule has 14 heavy (non-hydrogen) atoms. The molecule has 0 amide bonds. The highest BCUT2D eigenvalue weighted by Gasteiger charge is 2.37. The first-order valence-corrected chi connectivity index (χ1v) is 6.07. The summed E-state index contributed by atoms with van der Waals surface area (Å²) < 4.78 is 3.92. The normalized spacial score (nSPS) is 27.4. The molecule has 2 heterocycles. The highest BCUT2D eigenvalue weighted by Crippen LogP contribution is 2.30. The molecule has 1 saturated heterocycles. The average molecular weight is 211 g/mol. The molecule has 1 aliphatic rings. The van der Waals surface area contributed by atoms with Crippen molar-refractivity contribution in [2.75, 3.05) is 6.54 Å². The molecule has 1 aromatic rings. The SMILES string of the molecule is CC(C)C1(Cc2csnn2)CCCN1. The van der Waals surface area contributed by atoms with Crippen LogP contribution in [0, 0.1) is 5.92 Å². The lowest BCUT2D eigenvalue weighted by Crippen LogP contribution is -2.46. The summed E-state index contributed by atoms with van der Waals surface area (Å²) in [6, 6.07) is 0. The van der Waals surface area contributed by atoms with Gasteiger partial charge in [0.2, 0.25) is 0 Å². The first-order valence-electron chi connectivity index (χ1n) is 5.24. The van der Waals surface area contributed by atoms with E-state index < -0.39 is 0 Å². The van der Waals surface area contributed by atoms with E-state index in [9.17, 15) is 0 Å². The van der Waals surface area contributed by atoms with Gasteiger partial charge in [0.15, 0.2) is 0 Å². The van der Waals surface area contributed by atoms with Gasteiger partial charge >= 0.3 is 0 Å². The zero-order valence-corrected chi connectivity index (χ0v) is 9.60. The smallest absolute Gasteiger partial charge is 0.0773 e. The van der Waals surface area contributed by atoms with Gasteiger partial charge in [0, 0.05) is 17.3 Å². The summed E-state index contributed by atoms with van der Waals surface area (Å²) in [4.78, 5) is 0. The Morgan fingerprint density at radius 1 is 1.64 bits per heavy atom. The van der Waals surface area contributed by atoms with Crippen LogP contribution in [-0.4, -0.2) is 21.7 Å². The fourth-order valence-corrected chi connectivity index (χ4v) is 2.71. The van der Waals surface area contributed by atoms with E-state index in [1.54, 1.807) is 0 Å². The second-order valence-corrected chi connectivity index (χ2v) is 5.02. The quantitative estimate of drug-likeness (QED) is 0.829. The maximum Gasteiger partial charge on any atom is 0.0773 e. The molecule has 0 radical (unpaired) electrons. The van der Waals surface area contributed by atoms with Gasteiger partial charge in [-0.05, 0) is 36.8 Å². The first-order chi connectivity index (χ1) is 6.73. The maximum atomic E-state index is 4.14. The molecule has 3 nitrogen and oxygen atoms in total. The molecule has 1 unspecified atom stereocenters. The molecule has 1 aromatic heterocycles. The highest BCUT2D eigenvalue weighted by atomic mass is 32.1. The lowest BCUT2D eigenvalue weighted by Gasteiger charge is -2.33. The van der Waals surface area contributed by atoms with Crippen LogP contribution in [0.15, 0.2) is 5.38 Å². The first kappa shape index (κ1) is 10.1. The monoisotopic (exact) mass is 211 g/mol. The predicted molar refractivity (Wildman–Crippen MR) is 58.4 cm³/mol. The summed E-state index contributed by atoms with van der Waals surface area (Å²) in [5.41, 5.74) is 1.41. The van der Waals surface area contributed by atoms with Crippen LogP contribution in [0.25, 0.3) is 0 Å². The van der Waals surface area contributed by atoms with E-state index in [1.807, 2.05) is 0 Å². The Kier molecular flexibility index (Phi) is 2.83. The van der Waals surface area contributed by atoms with Gasteiger partial charge in [-0.25, -0.2) is 0 Å². The van der Waals surface area contributed by atoms with Crippen LogP contribution in [0.3, 0.4) is 0 Å². The van der Waals surface area contributed by atoms with Crippen molar-refractivity contribution in [3.63, 3.8) is 0 Å². The van der Waals surface area contributed by atoms with Crippen LogP contribution in [0.2, 0.25) is 0 Å². The van der Waals surface area contributed by atoms with Crippen molar-refractivity contribution in [3.8, 4) is 0 Å². The van der Waals surface area contributed by atoms with Gasteiger partial charge in [-0.2, -0.15) is 0 Å². The van der Waals surface area contributed by atoms with Gasteiger partial charge in [-0.15, -0.1) is 5.10 Å². The van der Waals surface area contributed by atoms with E-state index >= 15 is 0 Å². The Labute approximate surface area is 89.1 Å². The molecule has 0 aromatic carbocycles. The molecule has 0 saturated carbocycles. The predicted octanol–water partition coefficient (Wildman–Crippen LogP) is 1.86. The Morgan fingerprint density at radius 3 is 3.00 bits per heavy atom. The molecule has 2 rings (SSSR count). The topological polar surface area (TPSA) is 37.8 Å². The van der Waals surface area contributed by atoms with E-state index in [-0.39, 0.29) is 5.54 Å². The molecule has 1 fully saturated rings. The molecule has 1 N–H and O–H groups in total. The lowest BCUT2D eigenvalue weighted by molar-refractivity contribution is 0.267.